The van der Waals surface area contributed by atoms with Crippen LogP contribution in [0.25, 0.3) is 0 Å². The Labute approximate surface area is 212 Å². The molecule has 0 fully saturated rings. The molecule has 0 bridgehead atoms. The second kappa shape index (κ2) is 22.2. The second-order valence-electron chi connectivity index (χ2n) is 10.5. The maximum atomic E-state index is 12.3. The van der Waals surface area contributed by atoms with Crippen molar-refractivity contribution in [3.8, 4) is 0 Å². The van der Waals surface area contributed by atoms with Crippen molar-refractivity contribution >= 4 is 5.97 Å². The summed E-state index contributed by atoms with van der Waals surface area (Å²) in [6, 6.07) is 10.7. The number of benzene rings is 1. The van der Waals surface area contributed by atoms with Crippen molar-refractivity contribution in [1.29, 1.82) is 0 Å². The van der Waals surface area contributed by atoms with Gasteiger partial charge < -0.3 is 4.74 Å². The fraction of sp³-hybridized carbons (Fsp3) is 0.781. The minimum absolute atomic E-state index is 0.00109. The molecule has 0 aliphatic heterocycles. The SMILES string of the molecule is CCCCCCCCCCCCCCCCCCOC(=O)C(C)CCC(CC)c1ccccc1. The fourth-order valence-electron chi connectivity index (χ4n) is 4.87. The monoisotopic (exact) mass is 472 g/mol. The van der Waals surface area contributed by atoms with E-state index in [1.807, 2.05) is 6.92 Å². The molecule has 1 aromatic carbocycles. The van der Waals surface area contributed by atoms with Crippen molar-refractivity contribution in [1.82, 2.24) is 0 Å². The molecule has 0 heterocycles. The van der Waals surface area contributed by atoms with Crippen LogP contribution in [-0.2, 0) is 9.53 Å². The highest BCUT2D eigenvalue weighted by Crippen LogP contribution is 2.26. The van der Waals surface area contributed by atoms with Crippen LogP contribution in [0.1, 0.15) is 154 Å². The molecule has 0 radical (unpaired) electrons. The lowest BCUT2D eigenvalue weighted by atomic mass is 9.89. The Hall–Kier alpha value is -1.31. The first-order valence-electron chi connectivity index (χ1n) is 14.9. The van der Waals surface area contributed by atoms with Gasteiger partial charge in [-0.1, -0.05) is 147 Å². The van der Waals surface area contributed by atoms with E-state index >= 15 is 0 Å². The standard InChI is InChI=1S/C32H56O2/c1-4-6-7-8-9-10-11-12-13-14-15-16-17-18-19-23-28-34-32(33)29(3)26-27-30(5-2)31-24-21-20-22-25-31/h20-22,24-25,29-30H,4-19,23,26-28H2,1-3H3. The van der Waals surface area contributed by atoms with Crippen LogP contribution in [0.4, 0.5) is 0 Å². The van der Waals surface area contributed by atoms with Crippen molar-refractivity contribution in [3.63, 3.8) is 0 Å². The van der Waals surface area contributed by atoms with Gasteiger partial charge in [0.1, 0.15) is 0 Å². The molecule has 0 N–H and O–H groups in total. The molecule has 2 unspecified atom stereocenters. The number of rotatable bonds is 23. The Bertz CT molecular complexity index is 568. The summed E-state index contributed by atoms with van der Waals surface area (Å²) in [5.74, 6) is 0.527. The number of unbranched alkanes of at least 4 members (excludes halogenated alkanes) is 15. The molecule has 0 aromatic heterocycles. The lowest BCUT2D eigenvalue weighted by molar-refractivity contribution is -0.148. The summed E-state index contributed by atoms with van der Waals surface area (Å²) in [5, 5.41) is 0. The Morgan fingerprint density at radius 2 is 1.15 bits per heavy atom. The van der Waals surface area contributed by atoms with Crippen molar-refractivity contribution < 1.29 is 9.53 Å². The van der Waals surface area contributed by atoms with Gasteiger partial charge in [0.2, 0.25) is 0 Å². The van der Waals surface area contributed by atoms with Crippen LogP contribution >= 0.6 is 0 Å². The molecule has 1 rings (SSSR count). The van der Waals surface area contributed by atoms with E-state index in [1.165, 1.54) is 102 Å². The molecule has 2 atom stereocenters. The highest BCUT2D eigenvalue weighted by molar-refractivity contribution is 5.71. The summed E-state index contributed by atoms with van der Waals surface area (Å²) in [4.78, 5) is 12.3. The number of carbonyl (C=O) groups is 1. The first-order valence-corrected chi connectivity index (χ1v) is 14.9. The number of esters is 1. The summed E-state index contributed by atoms with van der Waals surface area (Å²) < 4.78 is 5.56. The van der Waals surface area contributed by atoms with Crippen LogP contribution in [-0.4, -0.2) is 12.6 Å². The van der Waals surface area contributed by atoms with Crippen LogP contribution in [0.5, 0.6) is 0 Å². The lowest BCUT2D eigenvalue weighted by Gasteiger charge is -2.18. The van der Waals surface area contributed by atoms with Gasteiger partial charge in [-0.05, 0) is 37.2 Å². The van der Waals surface area contributed by atoms with E-state index in [0.29, 0.717) is 12.5 Å². The van der Waals surface area contributed by atoms with Gasteiger partial charge in [0.15, 0.2) is 0 Å². The summed E-state index contributed by atoms with van der Waals surface area (Å²) >= 11 is 0. The highest BCUT2D eigenvalue weighted by Gasteiger charge is 2.17. The molecule has 0 aliphatic rings. The van der Waals surface area contributed by atoms with E-state index in [0.717, 1.165) is 25.7 Å². The topological polar surface area (TPSA) is 26.3 Å². The maximum absolute atomic E-state index is 12.3. The molecule has 0 aliphatic carbocycles. The molecule has 1 aromatic rings. The van der Waals surface area contributed by atoms with Crippen LogP contribution in [0.15, 0.2) is 30.3 Å². The average Bonchev–Trinajstić information content (AvgIpc) is 2.86. The van der Waals surface area contributed by atoms with Gasteiger partial charge in [-0.2, -0.15) is 0 Å². The molecule has 34 heavy (non-hydrogen) atoms. The predicted octanol–water partition coefficient (Wildman–Crippen LogP) is 10.4. The van der Waals surface area contributed by atoms with Gasteiger partial charge in [-0.3, -0.25) is 4.79 Å². The van der Waals surface area contributed by atoms with Crippen molar-refractivity contribution in [2.45, 2.75) is 149 Å². The summed E-state index contributed by atoms with van der Waals surface area (Å²) in [7, 11) is 0. The average molecular weight is 473 g/mol. The Morgan fingerprint density at radius 1 is 0.676 bits per heavy atom. The van der Waals surface area contributed by atoms with Crippen molar-refractivity contribution in [2.24, 2.45) is 5.92 Å². The van der Waals surface area contributed by atoms with E-state index < -0.39 is 0 Å². The van der Waals surface area contributed by atoms with E-state index in [1.54, 1.807) is 0 Å². The number of carbonyl (C=O) groups excluding carboxylic acids is 1. The molecule has 0 saturated heterocycles. The van der Waals surface area contributed by atoms with Crippen LogP contribution in [0, 0.1) is 5.92 Å². The van der Waals surface area contributed by atoms with Gasteiger partial charge >= 0.3 is 5.97 Å². The zero-order chi connectivity index (χ0) is 24.7. The van der Waals surface area contributed by atoms with Crippen LogP contribution < -0.4 is 0 Å². The number of hydrogen-bond acceptors (Lipinski definition) is 2. The zero-order valence-electron chi connectivity index (χ0n) is 23.0. The molecule has 2 heteroatoms. The predicted molar refractivity (Wildman–Crippen MR) is 148 cm³/mol. The van der Waals surface area contributed by atoms with Gasteiger partial charge in [0.05, 0.1) is 12.5 Å². The normalized spacial score (nSPS) is 13.0. The minimum Gasteiger partial charge on any atom is -0.465 e. The largest absolute Gasteiger partial charge is 0.465 e. The molecular formula is C32H56O2. The van der Waals surface area contributed by atoms with Crippen LogP contribution in [0.3, 0.4) is 0 Å². The first kappa shape index (κ1) is 30.7. The zero-order valence-corrected chi connectivity index (χ0v) is 23.0. The van der Waals surface area contributed by atoms with E-state index in [-0.39, 0.29) is 11.9 Å². The van der Waals surface area contributed by atoms with E-state index in [4.69, 9.17) is 4.74 Å². The second-order valence-corrected chi connectivity index (χ2v) is 10.5. The van der Waals surface area contributed by atoms with Crippen LogP contribution in [0.2, 0.25) is 0 Å². The molecule has 0 spiro atoms. The van der Waals surface area contributed by atoms with E-state index in [9.17, 15) is 4.79 Å². The smallest absolute Gasteiger partial charge is 0.308 e. The van der Waals surface area contributed by atoms with Crippen molar-refractivity contribution in [2.75, 3.05) is 6.61 Å². The minimum atomic E-state index is -0.0103. The third kappa shape index (κ3) is 16.3. The van der Waals surface area contributed by atoms with Gasteiger partial charge in [-0.15, -0.1) is 0 Å². The highest BCUT2D eigenvalue weighted by atomic mass is 16.5. The summed E-state index contributed by atoms with van der Waals surface area (Å²) in [6.07, 6.45) is 24.9. The Kier molecular flexibility index (Phi) is 20.0. The molecule has 0 amide bonds. The molecular weight excluding hydrogens is 416 g/mol. The molecule has 196 valence electrons. The third-order valence-electron chi connectivity index (χ3n) is 7.36. The van der Waals surface area contributed by atoms with Gasteiger partial charge in [0, 0.05) is 0 Å². The summed E-state index contributed by atoms with van der Waals surface area (Å²) in [5.41, 5.74) is 1.39. The maximum Gasteiger partial charge on any atom is 0.308 e. The molecule has 2 nitrogen and oxygen atoms in total. The first-order chi connectivity index (χ1) is 16.7. The Morgan fingerprint density at radius 3 is 1.62 bits per heavy atom. The third-order valence-corrected chi connectivity index (χ3v) is 7.36. The van der Waals surface area contributed by atoms with Crippen molar-refractivity contribution in [3.05, 3.63) is 35.9 Å². The van der Waals surface area contributed by atoms with E-state index in [2.05, 4.69) is 44.2 Å². The summed E-state index contributed by atoms with van der Waals surface area (Å²) in [6.45, 7) is 7.14. The van der Waals surface area contributed by atoms with Gasteiger partial charge in [-0.25, -0.2) is 0 Å². The quantitative estimate of drug-likeness (QED) is 0.117. The molecule has 0 saturated carbocycles. The van der Waals surface area contributed by atoms with Gasteiger partial charge in [0.25, 0.3) is 0 Å². The Balaban J connectivity index is 1.89. The number of hydrogen-bond donors (Lipinski definition) is 0. The number of ether oxygens (including phenoxy) is 1. The fourth-order valence-corrected chi connectivity index (χ4v) is 4.87. The lowest BCUT2D eigenvalue weighted by Crippen LogP contribution is -2.16.